The molecule has 0 aliphatic rings. The van der Waals surface area contributed by atoms with Crippen molar-refractivity contribution in [2.45, 2.75) is 13.5 Å². The number of fused-ring (bicyclic) bond motifs is 1. The standard InChI is InChI=1S/C21H18N4O3/c1-3-10-25(16-7-5-15(6-8-16)19(22)27)12-14-4-9-18-17(11-14)21(28)24-20(23-18)13(2)26/h1,4-9,11H,10,12H2,2H3,(H2,22,27)(H,23,24,28). The second-order valence-corrected chi connectivity index (χ2v) is 6.29. The first-order valence-electron chi connectivity index (χ1n) is 8.51. The van der Waals surface area contributed by atoms with Gasteiger partial charge in [0.05, 0.1) is 17.4 Å². The summed E-state index contributed by atoms with van der Waals surface area (Å²) in [4.78, 5) is 43.6. The number of nitrogens with two attached hydrogens (primary N) is 1. The van der Waals surface area contributed by atoms with Gasteiger partial charge in [-0.15, -0.1) is 6.42 Å². The number of ketones is 1. The van der Waals surface area contributed by atoms with Gasteiger partial charge in [0, 0.05) is 24.7 Å². The van der Waals surface area contributed by atoms with Gasteiger partial charge in [0.25, 0.3) is 5.56 Å². The number of nitrogens with zero attached hydrogens (tertiary/aromatic N) is 2. The number of carbonyl (C=O) groups is 2. The molecule has 0 aliphatic heterocycles. The molecule has 0 spiro atoms. The third kappa shape index (κ3) is 3.91. The highest BCUT2D eigenvalue weighted by atomic mass is 16.1. The Morgan fingerprint density at radius 2 is 1.93 bits per heavy atom. The number of hydrogen-bond donors (Lipinski definition) is 2. The van der Waals surface area contributed by atoms with E-state index in [1.165, 1.54) is 6.92 Å². The predicted octanol–water partition coefficient (Wildman–Crippen LogP) is 1.86. The van der Waals surface area contributed by atoms with Crippen molar-refractivity contribution in [1.82, 2.24) is 9.97 Å². The molecule has 1 aromatic heterocycles. The lowest BCUT2D eigenvalue weighted by Gasteiger charge is -2.23. The fourth-order valence-electron chi connectivity index (χ4n) is 2.86. The number of benzene rings is 2. The Kier molecular flexibility index (Phi) is 5.23. The van der Waals surface area contributed by atoms with Crippen molar-refractivity contribution in [3.63, 3.8) is 0 Å². The van der Waals surface area contributed by atoms with Crippen molar-refractivity contribution in [1.29, 1.82) is 0 Å². The number of nitrogens with one attached hydrogen (secondary N) is 1. The smallest absolute Gasteiger partial charge is 0.259 e. The summed E-state index contributed by atoms with van der Waals surface area (Å²) in [5.74, 6) is 1.84. The highest BCUT2D eigenvalue weighted by molar-refractivity contribution is 5.93. The summed E-state index contributed by atoms with van der Waals surface area (Å²) in [6, 6.07) is 12.1. The molecule has 7 nitrogen and oxygen atoms in total. The zero-order valence-corrected chi connectivity index (χ0v) is 15.2. The minimum atomic E-state index is -0.499. The maximum Gasteiger partial charge on any atom is 0.259 e. The largest absolute Gasteiger partial charge is 0.366 e. The van der Waals surface area contributed by atoms with Crippen LogP contribution in [0.3, 0.4) is 0 Å². The van der Waals surface area contributed by atoms with E-state index in [1.807, 2.05) is 11.0 Å². The molecule has 0 saturated carbocycles. The van der Waals surface area contributed by atoms with Crippen LogP contribution >= 0.6 is 0 Å². The number of Topliss-reactive ketones (excluding diaryl/α,β-unsaturated/α-hetero) is 1. The van der Waals surface area contributed by atoms with Crippen molar-refractivity contribution in [2.24, 2.45) is 5.73 Å². The lowest BCUT2D eigenvalue weighted by Crippen LogP contribution is -2.23. The van der Waals surface area contributed by atoms with E-state index in [-0.39, 0.29) is 17.2 Å². The number of carbonyl (C=O) groups excluding carboxylic acids is 2. The number of aromatic amines is 1. The molecule has 140 valence electrons. The Hall–Kier alpha value is -3.92. The van der Waals surface area contributed by atoms with Gasteiger partial charge in [-0.25, -0.2) is 4.98 Å². The Bertz CT molecular complexity index is 1160. The summed E-state index contributed by atoms with van der Waals surface area (Å²) >= 11 is 0. The van der Waals surface area contributed by atoms with Crippen molar-refractivity contribution in [2.75, 3.05) is 11.4 Å². The number of anilines is 1. The molecule has 3 rings (SSSR count). The molecule has 7 heteroatoms. The van der Waals surface area contributed by atoms with Crippen molar-refractivity contribution >= 4 is 28.3 Å². The van der Waals surface area contributed by atoms with E-state index in [0.717, 1.165) is 11.3 Å². The zero-order valence-electron chi connectivity index (χ0n) is 15.2. The second kappa shape index (κ2) is 7.76. The fraction of sp³-hybridized carbons (Fsp3) is 0.143. The molecule has 0 saturated heterocycles. The number of primary amides is 1. The van der Waals surface area contributed by atoms with Crippen LogP contribution in [-0.4, -0.2) is 28.2 Å². The summed E-state index contributed by atoms with van der Waals surface area (Å²) in [6.07, 6.45) is 5.50. The predicted molar refractivity (Wildman–Crippen MR) is 107 cm³/mol. The lowest BCUT2D eigenvalue weighted by molar-refractivity contribution is 0.0993. The van der Waals surface area contributed by atoms with Crippen LogP contribution < -0.4 is 16.2 Å². The Labute approximate surface area is 161 Å². The molecule has 0 unspecified atom stereocenters. The monoisotopic (exact) mass is 374 g/mol. The molecule has 3 N–H and O–H groups in total. The van der Waals surface area contributed by atoms with Gasteiger partial charge in [-0.3, -0.25) is 14.4 Å². The van der Waals surface area contributed by atoms with E-state index in [2.05, 4.69) is 15.9 Å². The van der Waals surface area contributed by atoms with Crippen LogP contribution in [0.2, 0.25) is 0 Å². The van der Waals surface area contributed by atoms with E-state index in [9.17, 15) is 14.4 Å². The third-order valence-corrected chi connectivity index (χ3v) is 4.28. The minimum absolute atomic E-state index is 0.0359. The van der Waals surface area contributed by atoms with Gasteiger partial charge in [-0.05, 0) is 42.0 Å². The van der Waals surface area contributed by atoms with Crippen LogP contribution in [0, 0.1) is 12.3 Å². The molecule has 1 heterocycles. The number of hydrogen-bond acceptors (Lipinski definition) is 5. The zero-order chi connectivity index (χ0) is 20.3. The summed E-state index contributed by atoms with van der Waals surface area (Å²) < 4.78 is 0. The van der Waals surface area contributed by atoms with E-state index in [4.69, 9.17) is 12.2 Å². The number of amides is 1. The number of H-pyrrole nitrogens is 1. The van der Waals surface area contributed by atoms with Crippen LogP contribution in [0.15, 0.2) is 47.3 Å². The topological polar surface area (TPSA) is 109 Å². The maximum absolute atomic E-state index is 12.3. The average molecular weight is 374 g/mol. The summed E-state index contributed by atoms with van der Waals surface area (Å²) in [6.45, 7) is 2.13. The first-order valence-corrected chi connectivity index (χ1v) is 8.51. The van der Waals surface area contributed by atoms with E-state index in [1.54, 1.807) is 36.4 Å². The minimum Gasteiger partial charge on any atom is -0.366 e. The van der Waals surface area contributed by atoms with Crippen molar-refractivity contribution < 1.29 is 9.59 Å². The lowest BCUT2D eigenvalue weighted by atomic mass is 10.1. The molecule has 3 aromatic rings. The van der Waals surface area contributed by atoms with Crippen LogP contribution in [0.5, 0.6) is 0 Å². The normalized spacial score (nSPS) is 10.4. The quantitative estimate of drug-likeness (QED) is 0.506. The molecule has 2 aromatic carbocycles. The molecule has 0 atom stereocenters. The van der Waals surface area contributed by atoms with Crippen LogP contribution in [0.1, 0.15) is 33.5 Å². The van der Waals surface area contributed by atoms with Gasteiger partial charge in [-0.1, -0.05) is 12.0 Å². The van der Waals surface area contributed by atoms with Gasteiger partial charge in [0.2, 0.25) is 5.91 Å². The third-order valence-electron chi connectivity index (χ3n) is 4.28. The van der Waals surface area contributed by atoms with Crippen molar-refractivity contribution in [3.8, 4) is 12.3 Å². The van der Waals surface area contributed by atoms with E-state index < -0.39 is 5.91 Å². The Balaban J connectivity index is 1.94. The fourth-order valence-corrected chi connectivity index (χ4v) is 2.86. The first kappa shape index (κ1) is 18.9. The molecular weight excluding hydrogens is 356 g/mol. The molecular formula is C21H18N4O3. The maximum atomic E-state index is 12.3. The van der Waals surface area contributed by atoms with Crippen LogP contribution in [0.25, 0.3) is 10.9 Å². The van der Waals surface area contributed by atoms with Gasteiger partial charge in [0.15, 0.2) is 11.6 Å². The Morgan fingerprint density at radius 1 is 1.21 bits per heavy atom. The van der Waals surface area contributed by atoms with Gasteiger partial charge in [0.1, 0.15) is 0 Å². The molecule has 0 radical (unpaired) electrons. The van der Waals surface area contributed by atoms with Crippen molar-refractivity contribution in [3.05, 3.63) is 69.8 Å². The first-order chi connectivity index (χ1) is 13.4. The van der Waals surface area contributed by atoms with Gasteiger partial charge < -0.3 is 15.6 Å². The number of rotatable bonds is 6. The number of terminal acetylenes is 1. The molecule has 1 amide bonds. The second-order valence-electron chi connectivity index (χ2n) is 6.29. The SMILES string of the molecule is C#CCN(Cc1ccc2nc(C(C)=O)[nH]c(=O)c2c1)c1ccc(C(N)=O)cc1. The van der Waals surface area contributed by atoms with E-state index >= 15 is 0 Å². The highest BCUT2D eigenvalue weighted by Crippen LogP contribution is 2.19. The van der Waals surface area contributed by atoms with E-state index in [0.29, 0.717) is 29.6 Å². The summed E-state index contributed by atoms with van der Waals surface area (Å²) in [5, 5.41) is 0.396. The molecule has 0 aliphatic carbocycles. The molecule has 0 fully saturated rings. The Morgan fingerprint density at radius 3 is 2.54 bits per heavy atom. The highest BCUT2D eigenvalue weighted by Gasteiger charge is 2.11. The van der Waals surface area contributed by atoms with Crippen LogP contribution in [-0.2, 0) is 6.54 Å². The average Bonchev–Trinajstić information content (AvgIpc) is 2.68. The number of aromatic nitrogens is 2. The molecule has 0 bridgehead atoms. The van der Waals surface area contributed by atoms with Crippen LogP contribution in [0.4, 0.5) is 5.69 Å². The summed E-state index contributed by atoms with van der Waals surface area (Å²) in [5.41, 5.74) is 7.44. The summed E-state index contributed by atoms with van der Waals surface area (Å²) in [7, 11) is 0. The molecule has 28 heavy (non-hydrogen) atoms. The van der Waals surface area contributed by atoms with Gasteiger partial charge >= 0.3 is 0 Å². The van der Waals surface area contributed by atoms with Gasteiger partial charge in [-0.2, -0.15) is 0 Å².